The summed E-state index contributed by atoms with van der Waals surface area (Å²) < 4.78 is 13.1. The Hall–Kier alpha value is -2.64. The fraction of sp³-hybridized carbons (Fsp3) is 0.364. The molecule has 0 saturated carbocycles. The van der Waals surface area contributed by atoms with Gasteiger partial charge in [-0.2, -0.15) is 0 Å². The van der Waals surface area contributed by atoms with E-state index < -0.39 is 11.7 Å². The molecule has 1 fully saturated rings. The van der Waals surface area contributed by atoms with E-state index in [0.717, 1.165) is 43.5 Å². The number of amides is 2. The highest BCUT2D eigenvalue weighted by Gasteiger charge is 2.17. The number of anilines is 1. The second-order valence-electron chi connectivity index (χ2n) is 7.33. The van der Waals surface area contributed by atoms with Gasteiger partial charge in [0.2, 0.25) is 5.91 Å². The molecular weight excluding hydrogens is 407 g/mol. The van der Waals surface area contributed by atoms with Crippen LogP contribution in [0.5, 0.6) is 0 Å². The van der Waals surface area contributed by atoms with E-state index in [0.29, 0.717) is 6.54 Å². The monoisotopic (exact) mass is 432 g/mol. The van der Waals surface area contributed by atoms with Gasteiger partial charge < -0.3 is 20.4 Å². The number of likely N-dealkylation sites (N-methyl/N-ethyl adjacent to an activating group) is 1. The molecule has 1 heterocycles. The van der Waals surface area contributed by atoms with Gasteiger partial charge in [-0.15, -0.1) is 0 Å². The lowest BCUT2D eigenvalue weighted by molar-refractivity contribution is -0.121. The van der Waals surface area contributed by atoms with Crippen LogP contribution < -0.4 is 15.5 Å². The number of rotatable bonds is 7. The van der Waals surface area contributed by atoms with Crippen LogP contribution in [0.15, 0.2) is 42.5 Å². The molecule has 1 saturated heterocycles. The molecular formula is C22H26ClFN4O2. The zero-order valence-corrected chi connectivity index (χ0v) is 17.7. The highest BCUT2D eigenvalue weighted by molar-refractivity contribution is 6.33. The number of piperazine rings is 1. The normalized spacial score (nSPS) is 14.4. The number of carbonyl (C=O) groups is 2. The van der Waals surface area contributed by atoms with Gasteiger partial charge >= 0.3 is 0 Å². The minimum atomic E-state index is -0.507. The van der Waals surface area contributed by atoms with E-state index in [2.05, 4.69) is 33.5 Å². The van der Waals surface area contributed by atoms with Crippen LogP contribution in [-0.2, 0) is 11.3 Å². The van der Waals surface area contributed by atoms with Crippen LogP contribution in [0.2, 0.25) is 5.02 Å². The number of benzene rings is 2. The molecule has 0 atom stereocenters. The lowest BCUT2D eigenvalue weighted by Gasteiger charge is -2.35. The van der Waals surface area contributed by atoms with Crippen molar-refractivity contribution in [3.05, 3.63) is 64.4 Å². The Balaban J connectivity index is 1.46. The van der Waals surface area contributed by atoms with Crippen molar-refractivity contribution in [1.29, 1.82) is 0 Å². The topological polar surface area (TPSA) is 64.7 Å². The van der Waals surface area contributed by atoms with Gasteiger partial charge in [0.25, 0.3) is 5.91 Å². The highest BCUT2D eigenvalue weighted by Crippen LogP contribution is 2.21. The average Bonchev–Trinajstić information content (AvgIpc) is 2.73. The first kappa shape index (κ1) is 22.1. The maximum atomic E-state index is 13.1. The molecule has 160 valence electrons. The summed E-state index contributed by atoms with van der Waals surface area (Å²) in [6, 6.07) is 11.7. The molecule has 2 N–H and O–H groups in total. The zero-order valence-electron chi connectivity index (χ0n) is 17.0. The van der Waals surface area contributed by atoms with Crippen molar-refractivity contribution >= 4 is 29.1 Å². The Kier molecular flexibility index (Phi) is 7.65. The Labute approximate surface area is 181 Å². The molecule has 6 nitrogen and oxygen atoms in total. The summed E-state index contributed by atoms with van der Waals surface area (Å²) in [5.41, 5.74) is 2.39. The lowest BCUT2D eigenvalue weighted by Crippen LogP contribution is -2.45. The van der Waals surface area contributed by atoms with Crippen molar-refractivity contribution < 1.29 is 14.0 Å². The molecule has 0 bridgehead atoms. The van der Waals surface area contributed by atoms with E-state index in [-0.39, 0.29) is 29.5 Å². The predicted molar refractivity (Wildman–Crippen MR) is 116 cm³/mol. The Morgan fingerprint density at radius 3 is 2.53 bits per heavy atom. The van der Waals surface area contributed by atoms with Crippen LogP contribution in [-0.4, -0.2) is 56.5 Å². The van der Waals surface area contributed by atoms with Gasteiger partial charge in [0.1, 0.15) is 5.82 Å². The number of para-hydroxylation sites is 1. The van der Waals surface area contributed by atoms with Crippen LogP contribution in [0.4, 0.5) is 10.1 Å². The van der Waals surface area contributed by atoms with Gasteiger partial charge in [-0.05, 0) is 36.9 Å². The van der Waals surface area contributed by atoms with E-state index in [1.165, 1.54) is 12.1 Å². The minimum Gasteiger partial charge on any atom is -0.369 e. The van der Waals surface area contributed by atoms with Gasteiger partial charge in [0, 0.05) is 51.4 Å². The van der Waals surface area contributed by atoms with Crippen LogP contribution in [0, 0.1) is 5.82 Å². The number of hydrogen-bond donors (Lipinski definition) is 2. The molecule has 2 aromatic rings. The molecule has 8 heteroatoms. The molecule has 1 aliphatic heterocycles. The lowest BCUT2D eigenvalue weighted by atomic mass is 10.1. The maximum Gasteiger partial charge on any atom is 0.252 e. The van der Waals surface area contributed by atoms with Crippen molar-refractivity contribution in [3.63, 3.8) is 0 Å². The molecule has 2 amide bonds. The maximum absolute atomic E-state index is 13.1. The Morgan fingerprint density at radius 2 is 1.80 bits per heavy atom. The summed E-state index contributed by atoms with van der Waals surface area (Å²) in [7, 11) is 2.12. The van der Waals surface area contributed by atoms with Gasteiger partial charge in [0.15, 0.2) is 0 Å². The number of halogens is 2. The smallest absolute Gasteiger partial charge is 0.252 e. The second-order valence-corrected chi connectivity index (χ2v) is 7.73. The van der Waals surface area contributed by atoms with Crippen molar-refractivity contribution in [2.75, 3.05) is 44.7 Å². The largest absolute Gasteiger partial charge is 0.369 e. The molecule has 3 rings (SSSR count). The van der Waals surface area contributed by atoms with E-state index >= 15 is 0 Å². The molecule has 0 aliphatic carbocycles. The van der Waals surface area contributed by atoms with Crippen molar-refractivity contribution in [3.8, 4) is 0 Å². The minimum absolute atomic E-state index is 0.0393. The predicted octanol–water partition coefficient (Wildman–Crippen LogP) is 2.67. The summed E-state index contributed by atoms with van der Waals surface area (Å²) in [5.74, 6) is -1.10. The fourth-order valence-electron chi connectivity index (χ4n) is 3.36. The number of hydrogen-bond acceptors (Lipinski definition) is 4. The van der Waals surface area contributed by atoms with E-state index in [4.69, 9.17) is 11.6 Å². The third-order valence-electron chi connectivity index (χ3n) is 5.12. The van der Waals surface area contributed by atoms with Gasteiger partial charge in [-0.1, -0.05) is 29.8 Å². The summed E-state index contributed by atoms with van der Waals surface area (Å²) in [4.78, 5) is 29.0. The number of nitrogens with one attached hydrogen (secondary N) is 2. The third kappa shape index (κ3) is 5.93. The Morgan fingerprint density at radius 1 is 1.07 bits per heavy atom. The zero-order chi connectivity index (χ0) is 21.5. The van der Waals surface area contributed by atoms with Crippen molar-refractivity contribution in [2.24, 2.45) is 0 Å². The molecule has 0 spiro atoms. The molecule has 0 unspecified atom stereocenters. The molecule has 0 radical (unpaired) electrons. The summed E-state index contributed by atoms with van der Waals surface area (Å²) in [6.07, 6.45) is 0.140. The second kappa shape index (κ2) is 10.4. The van der Waals surface area contributed by atoms with Gasteiger partial charge in [-0.3, -0.25) is 9.59 Å². The standard InChI is InChI=1S/C22H26ClFN4O2/c1-27-10-12-28(13-11-27)20-5-3-2-4-16(20)15-26-21(29)8-9-25-22(30)18-7-6-17(24)14-19(18)23/h2-7,14H,8-13,15H2,1H3,(H,25,30)(H,26,29). The van der Waals surface area contributed by atoms with E-state index in [9.17, 15) is 14.0 Å². The molecule has 2 aromatic carbocycles. The first-order chi connectivity index (χ1) is 14.4. The summed E-state index contributed by atoms with van der Waals surface area (Å²) in [6.45, 7) is 4.54. The van der Waals surface area contributed by atoms with Gasteiger partial charge in [-0.25, -0.2) is 4.39 Å². The average molecular weight is 433 g/mol. The van der Waals surface area contributed by atoms with Crippen LogP contribution in [0.1, 0.15) is 22.3 Å². The van der Waals surface area contributed by atoms with E-state index in [1.54, 1.807) is 0 Å². The SMILES string of the molecule is CN1CCN(c2ccccc2CNC(=O)CCNC(=O)c2ccc(F)cc2Cl)CC1. The summed E-state index contributed by atoms with van der Waals surface area (Å²) >= 11 is 5.88. The van der Waals surface area contributed by atoms with Crippen molar-refractivity contribution in [2.45, 2.75) is 13.0 Å². The number of nitrogens with zero attached hydrogens (tertiary/aromatic N) is 2. The van der Waals surface area contributed by atoms with Crippen LogP contribution in [0.3, 0.4) is 0 Å². The number of carbonyl (C=O) groups excluding carboxylic acids is 2. The summed E-state index contributed by atoms with van der Waals surface area (Å²) in [5, 5.41) is 5.59. The molecule has 30 heavy (non-hydrogen) atoms. The highest BCUT2D eigenvalue weighted by atomic mass is 35.5. The third-order valence-corrected chi connectivity index (χ3v) is 5.44. The molecule has 0 aromatic heterocycles. The first-order valence-electron chi connectivity index (χ1n) is 9.95. The molecule has 1 aliphatic rings. The van der Waals surface area contributed by atoms with E-state index in [1.807, 2.05) is 18.2 Å². The fourth-order valence-corrected chi connectivity index (χ4v) is 3.61. The van der Waals surface area contributed by atoms with Crippen LogP contribution >= 0.6 is 11.6 Å². The quantitative estimate of drug-likeness (QED) is 0.706. The Bertz CT molecular complexity index is 900. The van der Waals surface area contributed by atoms with Gasteiger partial charge in [0.05, 0.1) is 10.6 Å². The first-order valence-corrected chi connectivity index (χ1v) is 10.3. The van der Waals surface area contributed by atoms with Crippen molar-refractivity contribution in [1.82, 2.24) is 15.5 Å². The van der Waals surface area contributed by atoms with Crippen LogP contribution in [0.25, 0.3) is 0 Å².